The second kappa shape index (κ2) is 15.1. The molecule has 1 atom stereocenters. The van der Waals surface area contributed by atoms with Crippen molar-refractivity contribution in [3.63, 3.8) is 0 Å². The summed E-state index contributed by atoms with van der Waals surface area (Å²) in [6.07, 6.45) is -0.928. The van der Waals surface area contributed by atoms with Gasteiger partial charge in [0.2, 0.25) is 3.79 Å². The van der Waals surface area contributed by atoms with Crippen LogP contribution < -0.4 is 8.92 Å². The molecule has 0 bridgehead atoms. The van der Waals surface area contributed by atoms with Gasteiger partial charge < -0.3 is 14.0 Å². The van der Waals surface area contributed by atoms with E-state index in [1.165, 1.54) is 6.07 Å². The Morgan fingerprint density at radius 3 is 1.79 bits per heavy atom. The van der Waals surface area contributed by atoms with Crippen LogP contribution in [0, 0.1) is 0 Å². The van der Waals surface area contributed by atoms with Crippen molar-refractivity contribution in [1.82, 2.24) is 4.90 Å². The molecule has 4 rings (SSSR count). The molecule has 0 fully saturated rings. The van der Waals surface area contributed by atoms with E-state index in [9.17, 15) is 13.5 Å². The van der Waals surface area contributed by atoms with Crippen LogP contribution >= 0.6 is 34.8 Å². The number of rotatable bonds is 14. The normalized spacial score (nSPS) is 12.7. The smallest absolute Gasteiger partial charge is 0.449 e. The van der Waals surface area contributed by atoms with Crippen molar-refractivity contribution >= 4 is 45.2 Å². The Hall–Kier alpha value is -2.82. The zero-order chi connectivity index (χ0) is 30.0. The first-order valence-electron chi connectivity index (χ1n) is 13.0. The number of nitrogens with zero attached hydrogens (tertiary/aromatic N) is 1. The van der Waals surface area contributed by atoms with E-state index < -0.39 is 26.9 Å². The Kier molecular flexibility index (Phi) is 11.5. The van der Waals surface area contributed by atoms with Gasteiger partial charge in [0.25, 0.3) is 0 Å². The first-order chi connectivity index (χ1) is 20.1. The molecule has 0 aliphatic rings. The molecule has 0 aliphatic carbocycles. The molecule has 4 aromatic rings. The fraction of sp³-hybridized carbons (Fsp3) is 0.226. The lowest BCUT2D eigenvalue weighted by Gasteiger charge is -2.26. The molecule has 0 radical (unpaired) electrons. The zero-order valence-corrected chi connectivity index (χ0v) is 25.6. The number of aliphatic hydroxyl groups is 1. The van der Waals surface area contributed by atoms with Gasteiger partial charge in [0.1, 0.15) is 13.2 Å². The van der Waals surface area contributed by atoms with Gasteiger partial charge in [-0.1, -0.05) is 132 Å². The van der Waals surface area contributed by atoms with E-state index in [1.54, 1.807) is 12.1 Å². The van der Waals surface area contributed by atoms with Crippen molar-refractivity contribution in [3.05, 3.63) is 131 Å². The summed E-state index contributed by atoms with van der Waals surface area (Å²) in [4.78, 5) is 2.14. The van der Waals surface area contributed by atoms with Crippen LogP contribution in [0.1, 0.15) is 28.4 Å². The highest BCUT2D eigenvalue weighted by atomic mass is 35.6. The highest BCUT2D eigenvalue weighted by molar-refractivity contribution is 7.82. The number of aliphatic hydroxyl groups excluding tert-OH is 1. The number of hydrogen-bond acceptors (Lipinski definition) is 7. The molecule has 222 valence electrons. The highest BCUT2D eigenvalue weighted by Crippen LogP contribution is 2.34. The lowest BCUT2D eigenvalue weighted by molar-refractivity contribution is 0.104. The van der Waals surface area contributed by atoms with Crippen molar-refractivity contribution in [1.29, 1.82) is 0 Å². The first-order valence-corrected chi connectivity index (χ1v) is 15.5. The largest absolute Gasteiger partial charge is 0.485 e. The summed E-state index contributed by atoms with van der Waals surface area (Å²) in [6, 6.07) is 33.8. The van der Waals surface area contributed by atoms with Crippen molar-refractivity contribution in [2.45, 2.75) is 29.6 Å². The first kappa shape index (κ1) is 32.1. The molecule has 42 heavy (non-hydrogen) atoms. The van der Waals surface area contributed by atoms with Crippen molar-refractivity contribution in [2.75, 3.05) is 13.2 Å². The van der Waals surface area contributed by atoms with E-state index in [2.05, 4.69) is 4.90 Å². The molecular formula is C31H30Cl3NO6S. The molecule has 0 amide bonds. The van der Waals surface area contributed by atoms with Crippen molar-refractivity contribution in [2.24, 2.45) is 0 Å². The van der Waals surface area contributed by atoms with E-state index in [4.69, 9.17) is 47.9 Å². The third kappa shape index (κ3) is 10.8. The van der Waals surface area contributed by atoms with Crippen LogP contribution in [0.25, 0.3) is 0 Å². The standard InChI is InChI=1S/C31H30Cl3NO6S/c32-31(33,34)23-40-42(37,38)41-29-17-16-27(18-30(29)39-22-26-14-8-3-9-15-26)28(36)21-35(19-24-10-4-1-5-11-24)20-25-12-6-2-7-13-25/h1-18,28,36H,19-23H2. The summed E-state index contributed by atoms with van der Waals surface area (Å²) in [6.45, 7) is 0.913. The molecule has 0 saturated heterocycles. The van der Waals surface area contributed by atoms with Crippen LogP contribution in [-0.4, -0.2) is 35.4 Å². The monoisotopic (exact) mass is 649 g/mol. The van der Waals surface area contributed by atoms with E-state index >= 15 is 0 Å². The summed E-state index contributed by atoms with van der Waals surface area (Å²) < 4.78 is 38.8. The maximum Gasteiger partial charge on any atom is 0.449 e. The molecule has 0 heterocycles. The highest BCUT2D eigenvalue weighted by Gasteiger charge is 2.27. The van der Waals surface area contributed by atoms with Crippen LogP contribution in [0.15, 0.2) is 109 Å². The van der Waals surface area contributed by atoms with E-state index in [0.29, 0.717) is 25.2 Å². The van der Waals surface area contributed by atoms with Crippen LogP contribution in [-0.2, 0) is 34.3 Å². The Balaban J connectivity index is 1.56. The summed E-state index contributed by atoms with van der Waals surface area (Å²) in [7, 11) is -4.60. The molecule has 0 saturated carbocycles. The SMILES string of the molecule is O=S(=O)(OCC(Cl)(Cl)Cl)Oc1ccc(C(O)CN(Cc2ccccc2)Cc2ccccc2)cc1OCc1ccccc1. The summed E-state index contributed by atoms with van der Waals surface area (Å²) in [5, 5.41) is 11.3. The van der Waals surface area contributed by atoms with E-state index in [0.717, 1.165) is 16.7 Å². The molecule has 4 aromatic carbocycles. The van der Waals surface area contributed by atoms with Gasteiger partial charge >= 0.3 is 10.4 Å². The molecule has 7 nitrogen and oxygen atoms in total. The lowest BCUT2D eigenvalue weighted by atomic mass is 10.1. The third-order valence-corrected chi connectivity index (χ3v) is 7.20. The van der Waals surface area contributed by atoms with Gasteiger partial charge in [-0.2, -0.15) is 8.42 Å². The minimum Gasteiger partial charge on any atom is -0.485 e. The van der Waals surface area contributed by atoms with E-state index in [-0.39, 0.29) is 18.1 Å². The number of alkyl halides is 3. The fourth-order valence-corrected chi connectivity index (χ4v) is 5.22. The Bertz CT molecular complexity index is 1460. The second-order valence-corrected chi connectivity index (χ2v) is 13.2. The third-order valence-electron chi connectivity index (χ3n) is 6.08. The average molecular weight is 651 g/mol. The van der Waals surface area contributed by atoms with Gasteiger partial charge in [0.05, 0.1) is 6.10 Å². The van der Waals surface area contributed by atoms with Crippen LogP contribution in [0.5, 0.6) is 11.5 Å². The minimum atomic E-state index is -4.60. The van der Waals surface area contributed by atoms with E-state index in [1.807, 2.05) is 91.0 Å². The van der Waals surface area contributed by atoms with Crippen molar-refractivity contribution in [3.8, 4) is 11.5 Å². The minimum absolute atomic E-state index is 0.0918. The summed E-state index contributed by atoms with van der Waals surface area (Å²) in [5.41, 5.74) is 3.57. The number of ether oxygens (including phenoxy) is 1. The maximum atomic E-state index is 12.5. The van der Waals surface area contributed by atoms with Crippen LogP contribution in [0.4, 0.5) is 0 Å². The van der Waals surface area contributed by atoms with Crippen LogP contribution in [0.2, 0.25) is 0 Å². The van der Waals surface area contributed by atoms with Gasteiger partial charge in [0.15, 0.2) is 11.5 Å². The second-order valence-electron chi connectivity index (χ2n) is 9.51. The molecule has 11 heteroatoms. The fourth-order valence-electron chi connectivity index (χ4n) is 4.14. The molecule has 0 aliphatic heterocycles. The zero-order valence-electron chi connectivity index (χ0n) is 22.5. The van der Waals surface area contributed by atoms with Crippen LogP contribution in [0.3, 0.4) is 0 Å². The number of halogens is 3. The van der Waals surface area contributed by atoms with Gasteiger partial charge in [-0.25, -0.2) is 4.18 Å². The Morgan fingerprint density at radius 1 is 0.738 bits per heavy atom. The molecule has 0 aromatic heterocycles. The van der Waals surface area contributed by atoms with Gasteiger partial charge in [-0.15, -0.1) is 0 Å². The molecule has 0 spiro atoms. The van der Waals surface area contributed by atoms with Crippen molar-refractivity contribution < 1.29 is 26.6 Å². The lowest BCUT2D eigenvalue weighted by Crippen LogP contribution is -2.28. The molecular weight excluding hydrogens is 621 g/mol. The Labute approximate surface area is 261 Å². The van der Waals surface area contributed by atoms with Gasteiger partial charge in [0, 0.05) is 19.6 Å². The maximum absolute atomic E-state index is 12.5. The average Bonchev–Trinajstić information content (AvgIpc) is 2.97. The number of benzene rings is 4. The van der Waals surface area contributed by atoms with Gasteiger partial charge in [-0.3, -0.25) is 4.90 Å². The molecule has 1 unspecified atom stereocenters. The predicted octanol–water partition coefficient (Wildman–Crippen LogP) is 7.01. The summed E-state index contributed by atoms with van der Waals surface area (Å²) in [5.74, 6) is -0.0502. The predicted molar refractivity (Wildman–Crippen MR) is 165 cm³/mol. The summed E-state index contributed by atoms with van der Waals surface area (Å²) >= 11 is 16.9. The van der Waals surface area contributed by atoms with Gasteiger partial charge in [-0.05, 0) is 34.4 Å². The topological polar surface area (TPSA) is 85.3 Å². The molecule has 1 N–H and O–H groups in total. The quantitative estimate of drug-likeness (QED) is 0.147. The Morgan fingerprint density at radius 2 is 1.26 bits per heavy atom. The number of hydrogen-bond donors (Lipinski definition) is 1.